The summed E-state index contributed by atoms with van der Waals surface area (Å²) in [6.07, 6.45) is 0.616. The van der Waals surface area contributed by atoms with E-state index in [0.717, 1.165) is 15.2 Å². The Morgan fingerprint density at radius 2 is 2.17 bits per heavy atom. The van der Waals surface area contributed by atoms with Crippen LogP contribution >= 0.6 is 11.3 Å². The van der Waals surface area contributed by atoms with Crippen molar-refractivity contribution in [3.8, 4) is 0 Å². The van der Waals surface area contributed by atoms with Crippen LogP contribution in [-0.4, -0.2) is 40.1 Å². The molecule has 0 radical (unpaired) electrons. The van der Waals surface area contributed by atoms with E-state index in [1.54, 1.807) is 16.2 Å². The standard InChI is InChI=1S/C16H19N3O3S/c1-9-5-11(15(20)21)8-19(7-9)16(22)18-12-3-4-13-14(6-12)23-10(2)17-13/h3-4,6,9,11H,5,7-8H2,1-2H3,(H,18,22)(H,20,21). The van der Waals surface area contributed by atoms with E-state index in [2.05, 4.69) is 10.3 Å². The van der Waals surface area contributed by atoms with Crippen LogP contribution in [0.4, 0.5) is 10.5 Å². The molecule has 2 atom stereocenters. The zero-order chi connectivity index (χ0) is 16.6. The molecule has 1 aliphatic rings. The van der Waals surface area contributed by atoms with Crippen LogP contribution in [0.5, 0.6) is 0 Å². The average Bonchev–Trinajstić information content (AvgIpc) is 2.85. The van der Waals surface area contributed by atoms with Gasteiger partial charge < -0.3 is 15.3 Å². The Morgan fingerprint density at radius 1 is 1.39 bits per heavy atom. The van der Waals surface area contributed by atoms with Gasteiger partial charge in [-0.05, 0) is 37.5 Å². The molecule has 7 heteroatoms. The highest BCUT2D eigenvalue weighted by Crippen LogP contribution is 2.26. The fourth-order valence-electron chi connectivity index (χ4n) is 3.02. The number of fused-ring (bicyclic) bond motifs is 1. The number of likely N-dealkylation sites (tertiary alicyclic amines) is 1. The van der Waals surface area contributed by atoms with Crippen molar-refractivity contribution < 1.29 is 14.7 Å². The van der Waals surface area contributed by atoms with Gasteiger partial charge in [0, 0.05) is 18.8 Å². The molecule has 2 aromatic rings. The third-order valence-corrected chi connectivity index (χ3v) is 4.98. The van der Waals surface area contributed by atoms with E-state index in [1.165, 1.54) is 0 Å². The van der Waals surface area contributed by atoms with E-state index in [9.17, 15) is 14.7 Å². The lowest BCUT2D eigenvalue weighted by molar-refractivity contribution is -0.143. The van der Waals surface area contributed by atoms with Crippen LogP contribution in [-0.2, 0) is 4.79 Å². The lowest BCUT2D eigenvalue weighted by Gasteiger charge is -2.34. The first-order chi connectivity index (χ1) is 10.9. The molecule has 0 bridgehead atoms. The van der Waals surface area contributed by atoms with E-state index in [-0.39, 0.29) is 18.5 Å². The number of carboxylic acid groups (broad SMARTS) is 1. The average molecular weight is 333 g/mol. The van der Waals surface area contributed by atoms with Gasteiger partial charge in [0.25, 0.3) is 0 Å². The Kier molecular flexibility index (Phi) is 4.21. The first-order valence-corrected chi connectivity index (χ1v) is 8.40. The number of piperidine rings is 1. The number of nitrogens with zero attached hydrogens (tertiary/aromatic N) is 2. The van der Waals surface area contributed by atoms with Crippen molar-refractivity contribution in [2.75, 3.05) is 18.4 Å². The summed E-state index contributed by atoms with van der Waals surface area (Å²) in [5.41, 5.74) is 1.62. The van der Waals surface area contributed by atoms with Gasteiger partial charge in [-0.1, -0.05) is 6.92 Å². The Balaban J connectivity index is 1.72. The fourth-order valence-corrected chi connectivity index (χ4v) is 3.88. The highest BCUT2D eigenvalue weighted by Gasteiger charge is 2.31. The smallest absolute Gasteiger partial charge is 0.321 e. The van der Waals surface area contributed by atoms with Gasteiger partial charge in [0.1, 0.15) is 0 Å². The first kappa shape index (κ1) is 15.7. The minimum absolute atomic E-state index is 0.183. The zero-order valence-corrected chi connectivity index (χ0v) is 13.9. The zero-order valence-electron chi connectivity index (χ0n) is 13.1. The highest BCUT2D eigenvalue weighted by molar-refractivity contribution is 7.18. The number of aromatic nitrogens is 1. The molecule has 2 amide bonds. The number of nitrogens with one attached hydrogen (secondary N) is 1. The molecule has 1 aliphatic heterocycles. The molecule has 1 fully saturated rings. The Bertz CT molecular complexity index is 758. The van der Waals surface area contributed by atoms with E-state index in [1.807, 2.05) is 32.0 Å². The number of rotatable bonds is 2. The van der Waals surface area contributed by atoms with Gasteiger partial charge in [-0.25, -0.2) is 9.78 Å². The number of anilines is 1. The lowest BCUT2D eigenvalue weighted by atomic mass is 9.91. The Morgan fingerprint density at radius 3 is 2.91 bits per heavy atom. The number of hydrogen-bond donors (Lipinski definition) is 2. The molecule has 1 aromatic heterocycles. The third-order valence-electron chi connectivity index (χ3n) is 4.04. The van der Waals surface area contributed by atoms with Crippen molar-refractivity contribution in [1.82, 2.24) is 9.88 Å². The Labute approximate surface area is 138 Å². The molecule has 2 unspecified atom stereocenters. The normalized spacial score (nSPS) is 21.4. The van der Waals surface area contributed by atoms with E-state index in [0.29, 0.717) is 18.7 Å². The molecular weight excluding hydrogens is 314 g/mol. The number of carbonyl (C=O) groups excluding carboxylic acids is 1. The SMILES string of the molecule is Cc1nc2ccc(NC(=O)N3CC(C)CC(C(=O)O)C3)cc2s1. The van der Waals surface area contributed by atoms with Crippen LogP contribution in [0.2, 0.25) is 0 Å². The van der Waals surface area contributed by atoms with Crippen molar-refractivity contribution in [1.29, 1.82) is 0 Å². The van der Waals surface area contributed by atoms with Crippen LogP contribution in [0, 0.1) is 18.8 Å². The molecule has 0 saturated carbocycles. The van der Waals surface area contributed by atoms with E-state index >= 15 is 0 Å². The number of amides is 2. The second kappa shape index (κ2) is 6.16. The van der Waals surface area contributed by atoms with Crippen LogP contribution < -0.4 is 5.32 Å². The van der Waals surface area contributed by atoms with Gasteiger partial charge >= 0.3 is 12.0 Å². The summed E-state index contributed by atoms with van der Waals surface area (Å²) in [6.45, 7) is 4.76. The summed E-state index contributed by atoms with van der Waals surface area (Å²) in [4.78, 5) is 29.6. The minimum atomic E-state index is -0.837. The maximum atomic E-state index is 12.4. The number of carbonyl (C=O) groups is 2. The van der Waals surface area contributed by atoms with Crippen molar-refractivity contribution in [3.05, 3.63) is 23.2 Å². The lowest BCUT2D eigenvalue weighted by Crippen LogP contribution is -2.47. The van der Waals surface area contributed by atoms with Crippen LogP contribution in [0.3, 0.4) is 0 Å². The third kappa shape index (κ3) is 3.44. The Hall–Kier alpha value is -2.15. The summed E-state index contributed by atoms with van der Waals surface area (Å²) in [5, 5.41) is 13.1. The minimum Gasteiger partial charge on any atom is -0.481 e. The fraction of sp³-hybridized carbons (Fsp3) is 0.438. The predicted octanol–water partition coefficient (Wildman–Crippen LogP) is 3.18. The quantitative estimate of drug-likeness (QED) is 0.884. The number of thiazole rings is 1. The van der Waals surface area contributed by atoms with Gasteiger partial charge in [0.15, 0.2) is 0 Å². The molecule has 3 rings (SSSR count). The number of aryl methyl sites for hydroxylation is 1. The summed E-state index contributed by atoms with van der Waals surface area (Å²) < 4.78 is 1.02. The largest absolute Gasteiger partial charge is 0.481 e. The molecule has 23 heavy (non-hydrogen) atoms. The second-order valence-corrected chi connectivity index (χ2v) is 7.36. The molecule has 122 valence electrons. The maximum absolute atomic E-state index is 12.4. The van der Waals surface area contributed by atoms with Crippen molar-refractivity contribution in [3.63, 3.8) is 0 Å². The first-order valence-electron chi connectivity index (χ1n) is 7.58. The van der Waals surface area contributed by atoms with Gasteiger partial charge in [-0.15, -0.1) is 11.3 Å². The predicted molar refractivity (Wildman–Crippen MR) is 89.9 cm³/mol. The van der Waals surface area contributed by atoms with Gasteiger partial charge in [-0.2, -0.15) is 0 Å². The summed E-state index contributed by atoms with van der Waals surface area (Å²) >= 11 is 1.58. The number of benzene rings is 1. The number of carboxylic acids is 1. The molecule has 0 spiro atoms. The molecule has 2 heterocycles. The summed E-state index contributed by atoms with van der Waals surface area (Å²) in [6, 6.07) is 5.36. The number of aliphatic carboxylic acids is 1. The summed E-state index contributed by atoms with van der Waals surface area (Å²) in [7, 11) is 0. The molecular formula is C16H19N3O3S. The van der Waals surface area contributed by atoms with Gasteiger partial charge in [0.2, 0.25) is 0 Å². The van der Waals surface area contributed by atoms with Gasteiger partial charge in [-0.3, -0.25) is 4.79 Å². The van der Waals surface area contributed by atoms with Crippen molar-refractivity contribution in [2.45, 2.75) is 20.3 Å². The van der Waals surface area contributed by atoms with Crippen LogP contribution in [0.1, 0.15) is 18.4 Å². The summed E-state index contributed by atoms with van der Waals surface area (Å²) in [5.74, 6) is -1.14. The molecule has 1 saturated heterocycles. The van der Waals surface area contributed by atoms with E-state index in [4.69, 9.17) is 0 Å². The highest BCUT2D eigenvalue weighted by atomic mass is 32.1. The van der Waals surface area contributed by atoms with E-state index < -0.39 is 11.9 Å². The molecule has 1 aromatic carbocycles. The maximum Gasteiger partial charge on any atom is 0.321 e. The second-order valence-electron chi connectivity index (χ2n) is 6.13. The number of hydrogen-bond acceptors (Lipinski definition) is 4. The molecule has 6 nitrogen and oxygen atoms in total. The van der Waals surface area contributed by atoms with Crippen molar-refractivity contribution in [2.24, 2.45) is 11.8 Å². The van der Waals surface area contributed by atoms with Crippen molar-refractivity contribution >= 4 is 39.2 Å². The van der Waals surface area contributed by atoms with Crippen LogP contribution in [0.15, 0.2) is 18.2 Å². The van der Waals surface area contributed by atoms with Crippen LogP contribution in [0.25, 0.3) is 10.2 Å². The number of urea groups is 1. The topological polar surface area (TPSA) is 82.5 Å². The molecule has 0 aliphatic carbocycles. The monoisotopic (exact) mass is 333 g/mol. The van der Waals surface area contributed by atoms with Gasteiger partial charge in [0.05, 0.1) is 21.1 Å². The molecule has 2 N–H and O–H groups in total.